The van der Waals surface area contributed by atoms with E-state index in [0.29, 0.717) is 19.2 Å². The van der Waals surface area contributed by atoms with Crippen LogP contribution >= 0.6 is 0 Å². The van der Waals surface area contributed by atoms with Gasteiger partial charge in [0, 0.05) is 25.1 Å². The number of amides is 1. The first-order valence-corrected chi connectivity index (χ1v) is 6.28. The van der Waals surface area contributed by atoms with Crippen LogP contribution in [0.1, 0.15) is 39.5 Å². The predicted molar refractivity (Wildman–Crippen MR) is 64.0 cm³/mol. The standard InChI is InChI=1S/C12H24N2O2/c1-3-16-9(2)8-14-12(15)10-4-6-11(13)7-5-10/h9-11H,3-8,13H2,1-2H3,(H,14,15). The van der Waals surface area contributed by atoms with Gasteiger partial charge in [0.1, 0.15) is 0 Å². The van der Waals surface area contributed by atoms with E-state index < -0.39 is 0 Å². The Hall–Kier alpha value is -0.610. The summed E-state index contributed by atoms with van der Waals surface area (Å²) in [6.45, 7) is 5.23. The number of hydrogen-bond acceptors (Lipinski definition) is 3. The second kappa shape index (κ2) is 6.86. The van der Waals surface area contributed by atoms with Crippen LogP contribution in [0.5, 0.6) is 0 Å². The van der Waals surface area contributed by atoms with Gasteiger partial charge in [0.2, 0.25) is 5.91 Å². The molecule has 1 unspecified atom stereocenters. The van der Waals surface area contributed by atoms with Gasteiger partial charge in [-0.3, -0.25) is 4.79 Å². The summed E-state index contributed by atoms with van der Waals surface area (Å²) in [4.78, 5) is 11.8. The third kappa shape index (κ3) is 4.49. The average Bonchev–Trinajstić information content (AvgIpc) is 2.27. The van der Waals surface area contributed by atoms with Crippen molar-refractivity contribution < 1.29 is 9.53 Å². The van der Waals surface area contributed by atoms with Gasteiger partial charge >= 0.3 is 0 Å². The average molecular weight is 228 g/mol. The normalized spacial score (nSPS) is 27.4. The zero-order valence-corrected chi connectivity index (χ0v) is 10.4. The Labute approximate surface area is 97.9 Å². The Morgan fingerprint density at radius 2 is 2.06 bits per heavy atom. The van der Waals surface area contributed by atoms with Crippen LogP contribution in [-0.4, -0.2) is 31.2 Å². The molecule has 0 aromatic rings. The van der Waals surface area contributed by atoms with Crippen molar-refractivity contribution in [3.63, 3.8) is 0 Å². The molecule has 0 bridgehead atoms. The van der Waals surface area contributed by atoms with Crippen LogP contribution in [0.15, 0.2) is 0 Å². The third-order valence-corrected chi connectivity index (χ3v) is 3.16. The van der Waals surface area contributed by atoms with E-state index in [2.05, 4.69) is 5.32 Å². The quantitative estimate of drug-likeness (QED) is 0.739. The number of hydrogen-bond donors (Lipinski definition) is 2. The monoisotopic (exact) mass is 228 g/mol. The van der Waals surface area contributed by atoms with Crippen LogP contribution in [0.25, 0.3) is 0 Å². The highest BCUT2D eigenvalue weighted by Crippen LogP contribution is 2.23. The highest BCUT2D eigenvalue weighted by atomic mass is 16.5. The first kappa shape index (κ1) is 13.5. The second-order valence-corrected chi connectivity index (χ2v) is 4.62. The topological polar surface area (TPSA) is 64.3 Å². The summed E-state index contributed by atoms with van der Waals surface area (Å²) in [7, 11) is 0. The van der Waals surface area contributed by atoms with Crippen molar-refractivity contribution in [2.75, 3.05) is 13.2 Å². The molecule has 16 heavy (non-hydrogen) atoms. The summed E-state index contributed by atoms with van der Waals surface area (Å²) >= 11 is 0. The first-order valence-electron chi connectivity index (χ1n) is 6.28. The number of nitrogens with two attached hydrogens (primary N) is 1. The van der Waals surface area contributed by atoms with Gasteiger partial charge in [0.05, 0.1) is 6.10 Å². The zero-order chi connectivity index (χ0) is 12.0. The van der Waals surface area contributed by atoms with E-state index in [-0.39, 0.29) is 17.9 Å². The summed E-state index contributed by atoms with van der Waals surface area (Å²) in [5, 5.41) is 2.95. The molecule has 1 atom stereocenters. The van der Waals surface area contributed by atoms with Gasteiger partial charge < -0.3 is 15.8 Å². The molecule has 4 nitrogen and oxygen atoms in total. The van der Waals surface area contributed by atoms with E-state index in [0.717, 1.165) is 25.7 Å². The van der Waals surface area contributed by atoms with Crippen molar-refractivity contribution in [3.8, 4) is 0 Å². The Morgan fingerprint density at radius 1 is 1.44 bits per heavy atom. The number of carbonyl (C=O) groups excluding carboxylic acids is 1. The van der Waals surface area contributed by atoms with Gasteiger partial charge in [-0.05, 0) is 39.5 Å². The van der Waals surface area contributed by atoms with E-state index in [9.17, 15) is 4.79 Å². The van der Waals surface area contributed by atoms with Gasteiger partial charge in [0.25, 0.3) is 0 Å². The van der Waals surface area contributed by atoms with Crippen LogP contribution in [-0.2, 0) is 9.53 Å². The number of carbonyl (C=O) groups is 1. The van der Waals surface area contributed by atoms with Crippen LogP contribution < -0.4 is 11.1 Å². The summed E-state index contributed by atoms with van der Waals surface area (Å²) < 4.78 is 5.36. The Bertz CT molecular complexity index is 213. The molecule has 0 aromatic heterocycles. The highest BCUT2D eigenvalue weighted by molar-refractivity contribution is 5.78. The molecule has 0 heterocycles. The van der Waals surface area contributed by atoms with Crippen LogP contribution in [0, 0.1) is 5.92 Å². The highest BCUT2D eigenvalue weighted by Gasteiger charge is 2.24. The molecular weight excluding hydrogens is 204 g/mol. The van der Waals surface area contributed by atoms with Gasteiger partial charge in [-0.1, -0.05) is 0 Å². The van der Waals surface area contributed by atoms with Gasteiger partial charge in [-0.25, -0.2) is 0 Å². The van der Waals surface area contributed by atoms with E-state index in [4.69, 9.17) is 10.5 Å². The molecular formula is C12H24N2O2. The van der Waals surface area contributed by atoms with Crippen molar-refractivity contribution in [3.05, 3.63) is 0 Å². The first-order chi connectivity index (χ1) is 7.63. The predicted octanol–water partition coefficient (Wildman–Crippen LogP) is 1.05. The molecule has 94 valence electrons. The fourth-order valence-electron chi connectivity index (χ4n) is 2.11. The summed E-state index contributed by atoms with van der Waals surface area (Å²) in [5.74, 6) is 0.326. The molecule has 0 aliphatic heterocycles. The van der Waals surface area contributed by atoms with Gasteiger partial charge in [0.15, 0.2) is 0 Å². The lowest BCUT2D eigenvalue weighted by Gasteiger charge is -2.25. The van der Waals surface area contributed by atoms with Crippen molar-refractivity contribution in [1.29, 1.82) is 0 Å². The number of rotatable bonds is 5. The summed E-state index contributed by atoms with van der Waals surface area (Å²) in [6, 6.07) is 0.298. The fraction of sp³-hybridized carbons (Fsp3) is 0.917. The maximum Gasteiger partial charge on any atom is 0.223 e. The zero-order valence-electron chi connectivity index (χ0n) is 10.4. The molecule has 3 N–H and O–H groups in total. The minimum Gasteiger partial charge on any atom is -0.377 e. The molecule has 4 heteroatoms. The summed E-state index contributed by atoms with van der Waals surface area (Å²) in [6.07, 6.45) is 3.89. The van der Waals surface area contributed by atoms with Crippen LogP contribution in [0.2, 0.25) is 0 Å². The van der Waals surface area contributed by atoms with Crippen molar-refractivity contribution in [2.45, 2.75) is 51.7 Å². The SMILES string of the molecule is CCOC(C)CNC(=O)C1CCC(N)CC1. The molecule has 1 fully saturated rings. The van der Waals surface area contributed by atoms with Crippen molar-refractivity contribution in [1.82, 2.24) is 5.32 Å². The molecule has 1 saturated carbocycles. The molecule has 0 radical (unpaired) electrons. The Morgan fingerprint density at radius 3 is 2.62 bits per heavy atom. The molecule has 0 saturated heterocycles. The Kier molecular flexibility index (Phi) is 5.77. The second-order valence-electron chi connectivity index (χ2n) is 4.62. The van der Waals surface area contributed by atoms with E-state index in [1.807, 2.05) is 13.8 Å². The molecule has 1 aliphatic rings. The molecule has 1 aliphatic carbocycles. The maximum atomic E-state index is 11.8. The van der Waals surface area contributed by atoms with Gasteiger partial charge in [-0.2, -0.15) is 0 Å². The Balaban J connectivity index is 2.19. The molecule has 1 rings (SSSR count). The molecule has 0 spiro atoms. The third-order valence-electron chi connectivity index (χ3n) is 3.16. The van der Waals surface area contributed by atoms with E-state index in [1.54, 1.807) is 0 Å². The van der Waals surface area contributed by atoms with Gasteiger partial charge in [-0.15, -0.1) is 0 Å². The minimum atomic E-state index is 0.0970. The van der Waals surface area contributed by atoms with Crippen molar-refractivity contribution in [2.24, 2.45) is 11.7 Å². The van der Waals surface area contributed by atoms with E-state index in [1.165, 1.54) is 0 Å². The molecule has 1 amide bonds. The number of ether oxygens (including phenoxy) is 1. The summed E-state index contributed by atoms with van der Waals surface area (Å²) in [5.41, 5.74) is 5.81. The number of nitrogens with one attached hydrogen (secondary N) is 1. The van der Waals surface area contributed by atoms with Crippen molar-refractivity contribution >= 4 is 5.91 Å². The largest absolute Gasteiger partial charge is 0.377 e. The van der Waals surface area contributed by atoms with Crippen LogP contribution in [0.3, 0.4) is 0 Å². The lowest BCUT2D eigenvalue weighted by Crippen LogP contribution is -2.39. The van der Waals surface area contributed by atoms with E-state index >= 15 is 0 Å². The maximum absolute atomic E-state index is 11.8. The van der Waals surface area contributed by atoms with Crippen LogP contribution in [0.4, 0.5) is 0 Å². The smallest absolute Gasteiger partial charge is 0.223 e. The molecule has 0 aromatic carbocycles. The lowest BCUT2D eigenvalue weighted by molar-refractivity contribution is -0.126. The minimum absolute atomic E-state index is 0.0970. The fourth-order valence-corrected chi connectivity index (χ4v) is 2.11. The lowest BCUT2D eigenvalue weighted by atomic mass is 9.86.